The van der Waals surface area contributed by atoms with Crippen LogP contribution in [-0.2, 0) is 19.1 Å². The van der Waals surface area contributed by atoms with E-state index in [-0.39, 0.29) is 36.6 Å². The molecule has 1 aromatic rings. The van der Waals surface area contributed by atoms with E-state index in [4.69, 9.17) is 26.3 Å². The van der Waals surface area contributed by atoms with Crippen molar-refractivity contribution in [3.05, 3.63) is 18.3 Å². The Morgan fingerprint density at radius 3 is 2.46 bits per heavy atom. The van der Waals surface area contributed by atoms with Gasteiger partial charge in [-0.15, -0.1) is 6.58 Å². The van der Waals surface area contributed by atoms with Crippen LogP contribution >= 0.6 is 0 Å². The number of ether oxygens (including phenoxy) is 1. The lowest BCUT2D eigenvalue weighted by atomic mass is 9.42. The maximum absolute atomic E-state index is 13.8. The summed E-state index contributed by atoms with van der Waals surface area (Å²) in [5, 5.41) is 25.3. The van der Waals surface area contributed by atoms with Crippen LogP contribution < -0.4 is 26.4 Å². The van der Waals surface area contributed by atoms with Crippen molar-refractivity contribution < 1.29 is 29.3 Å². The lowest BCUT2D eigenvalue weighted by Crippen LogP contribution is -2.69. The number of amides is 1. The molecule has 2 bridgehead atoms. The minimum absolute atomic E-state index is 0.0299. The van der Waals surface area contributed by atoms with Gasteiger partial charge in [0.1, 0.15) is 23.7 Å². The number of ketones is 1. The molecule has 9 atom stereocenters. The van der Waals surface area contributed by atoms with E-state index in [0.717, 1.165) is 30.2 Å². The van der Waals surface area contributed by atoms with Gasteiger partial charge in [-0.1, -0.05) is 26.8 Å². The van der Waals surface area contributed by atoms with E-state index < -0.39 is 45.9 Å². The molecule has 1 aromatic heterocycles. The Bertz CT molecular complexity index is 1670. The number of hydrogen-bond donors (Lipinski definition) is 4. The van der Waals surface area contributed by atoms with Crippen molar-refractivity contribution >= 4 is 35.1 Å². The first kappa shape index (κ1) is 38.9. The first-order valence-electron chi connectivity index (χ1n) is 19.9. The lowest BCUT2D eigenvalue weighted by molar-refractivity contribution is -0.252. The molecule has 7 rings (SSSR count). The van der Waals surface area contributed by atoms with Crippen molar-refractivity contribution in [3.63, 3.8) is 0 Å². The second-order valence-electron chi connectivity index (χ2n) is 17.8. The number of aliphatic hydroxyl groups is 2. The Morgan fingerprint density at radius 2 is 1.80 bits per heavy atom. The maximum atomic E-state index is 13.8. The minimum atomic E-state index is -1.10. The molecule has 0 spiro atoms. The molecule has 9 unspecified atom stereocenters. The fourth-order valence-electron chi connectivity index (χ4n) is 11.2. The van der Waals surface area contributed by atoms with E-state index in [2.05, 4.69) is 11.5 Å². The molecule has 3 aliphatic carbocycles. The van der Waals surface area contributed by atoms with Crippen LogP contribution in [0, 0.1) is 35.0 Å². The number of nitrogens with two attached hydrogens (primary N) is 2. The Kier molecular flexibility index (Phi) is 10.1. The van der Waals surface area contributed by atoms with E-state index in [1.54, 1.807) is 11.1 Å². The van der Waals surface area contributed by atoms with Crippen LogP contribution in [0.4, 0.5) is 17.5 Å². The van der Waals surface area contributed by atoms with Gasteiger partial charge in [-0.05, 0) is 57.3 Å². The van der Waals surface area contributed by atoms with Crippen molar-refractivity contribution in [1.82, 2.24) is 19.8 Å². The van der Waals surface area contributed by atoms with Gasteiger partial charge in [-0.3, -0.25) is 24.3 Å². The number of rotatable bonds is 8. The van der Waals surface area contributed by atoms with Gasteiger partial charge < -0.3 is 35.4 Å². The molecule has 2 saturated heterocycles. The highest BCUT2D eigenvalue weighted by Crippen LogP contribution is 2.69. The number of fused-ring (bicyclic) bond motifs is 1. The Balaban J connectivity index is 0.962. The van der Waals surface area contributed by atoms with Gasteiger partial charge in [0.05, 0.1) is 24.4 Å². The molecular formula is C39H61N9O6. The Hall–Kier alpha value is -3.37. The van der Waals surface area contributed by atoms with Crippen LogP contribution in [0.2, 0.25) is 0 Å². The molecule has 298 valence electrons. The maximum Gasteiger partial charge on any atom is 0.320 e. The molecule has 6 N–H and O–H groups in total. The number of piperazine rings is 1. The highest BCUT2D eigenvalue weighted by molar-refractivity contribution is 5.86. The number of hydrazine groups is 1. The van der Waals surface area contributed by atoms with Crippen molar-refractivity contribution in [1.29, 1.82) is 0 Å². The van der Waals surface area contributed by atoms with Gasteiger partial charge in [-0.25, -0.2) is 10.8 Å². The predicted octanol–water partition coefficient (Wildman–Crippen LogP) is 1.34. The zero-order valence-corrected chi connectivity index (χ0v) is 32.8. The fourth-order valence-corrected chi connectivity index (χ4v) is 11.2. The number of aromatic nitrogens is 2. The molecule has 3 aliphatic heterocycles. The molecular weight excluding hydrogens is 690 g/mol. The molecule has 1 amide bonds. The molecule has 15 nitrogen and oxygen atoms in total. The normalized spacial score (nSPS) is 38.2. The summed E-state index contributed by atoms with van der Waals surface area (Å²) in [5.74, 6) is 6.68. The summed E-state index contributed by atoms with van der Waals surface area (Å²) in [4.78, 5) is 58.4. The number of esters is 1. The zero-order valence-electron chi connectivity index (χ0n) is 32.8. The lowest BCUT2D eigenvalue weighted by Gasteiger charge is -2.64. The zero-order chi connectivity index (χ0) is 39.0. The number of carbonyl (C=O) groups excluding carboxylic acids is 3. The molecule has 5 fully saturated rings. The topological polar surface area (TPSA) is 195 Å². The molecule has 15 heteroatoms. The first-order chi connectivity index (χ1) is 25.5. The monoisotopic (exact) mass is 751 g/mol. The summed E-state index contributed by atoms with van der Waals surface area (Å²) >= 11 is 0. The van der Waals surface area contributed by atoms with Crippen LogP contribution in [-0.4, -0.2) is 131 Å². The third-order valence-corrected chi connectivity index (χ3v) is 14.8. The van der Waals surface area contributed by atoms with Crippen LogP contribution in [0.1, 0.15) is 78.3 Å². The summed E-state index contributed by atoms with van der Waals surface area (Å²) in [5.41, 5.74) is 4.28. The van der Waals surface area contributed by atoms with Gasteiger partial charge in [0, 0.05) is 81.4 Å². The smallest absolute Gasteiger partial charge is 0.320 e. The van der Waals surface area contributed by atoms with Gasteiger partial charge in [-0.2, -0.15) is 4.98 Å². The molecule has 6 aliphatic rings. The second-order valence-corrected chi connectivity index (χ2v) is 17.8. The average molecular weight is 752 g/mol. The SMILES string of the molecule is C=CC1(C)CC(O)C2(C)C3C(=O)CCC3(CCC2(C)OC(=O)CN2CCN(C(=O)CCN3CN(N)c4c(C)nc(N5CCC(N)C5)nc43)CC2)C(C)C1O. The Labute approximate surface area is 319 Å². The standard InChI is InChI=1S/C39H61N9O6/c1-7-36(4)20-28(50)38(6)32-27(49)8-11-39(32,24(2)33(36)53)13-12-37(38,5)54-30(52)22-44-16-18-45(19-17-44)29(51)10-15-47-23-48(41)31-25(3)42-35(43-34(31)47)46-14-9-26(40)21-46/h7,24,26,28,32-33,50,53H,1,8-23,40-41H2,2-6H3. The predicted molar refractivity (Wildman–Crippen MR) is 204 cm³/mol. The minimum Gasteiger partial charge on any atom is -0.458 e. The number of aliphatic hydroxyl groups excluding tert-OH is 2. The summed E-state index contributed by atoms with van der Waals surface area (Å²) in [7, 11) is 0. The third-order valence-electron chi connectivity index (χ3n) is 14.8. The van der Waals surface area contributed by atoms with E-state index in [9.17, 15) is 24.6 Å². The van der Waals surface area contributed by atoms with E-state index in [0.29, 0.717) is 84.0 Å². The third kappa shape index (κ3) is 6.18. The van der Waals surface area contributed by atoms with Gasteiger partial charge in [0.25, 0.3) is 0 Å². The van der Waals surface area contributed by atoms with Crippen LogP contribution in [0.3, 0.4) is 0 Å². The molecule has 54 heavy (non-hydrogen) atoms. The number of hydrogen-bond acceptors (Lipinski definition) is 14. The number of aryl methyl sites for hydroxylation is 1. The van der Waals surface area contributed by atoms with Gasteiger partial charge in [0.15, 0.2) is 5.82 Å². The van der Waals surface area contributed by atoms with Crippen molar-refractivity contribution in [2.45, 2.75) is 103 Å². The highest BCUT2D eigenvalue weighted by atomic mass is 16.6. The summed E-state index contributed by atoms with van der Waals surface area (Å²) in [6, 6.07) is 0.0985. The number of carbonyl (C=O) groups is 3. The molecule has 0 radical (unpaired) electrons. The molecule has 3 saturated carbocycles. The van der Waals surface area contributed by atoms with E-state index in [1.807, 2.05) is 49.3 Å². The number of anilines is 3. The van der Waals surface area contributed by atoms with Crippen molar-refractivity contribution in [2.75, 3.05) is 73.8 Å². The van der Waals surface area contributed by atoms with Crippen molar-refractivity contribution in [3.8, 4) is 0 Å². The fraction of sp³-hybridized carbons (Fsp3) is 0.769. The van der Waals surface area contributed by atoms with Crippen LogP contribution in [0.25, 0.3) is 0 Å². The molecule has 4 heterocycles. The summed E-state index contributed by atoms with van der Waals surface area (Å²) in [6.45, 7) is 18.1. The average Bonchev–Trinajstić information content (AvgIpc) is 3.83. The van der Waals surface area contributed by atoms with Gasteiger partial charge >= 0.3 is 5.97 Å². The second kappa shape index (κ2) is 14.0. The quantitative estimate of drug-likeness (QED) is 0.169. The highest BCUT2D eigenvalue weighted by Gasteiger charge is 2.72. The summed E-state index contributed by atoms with van der Waals surface area (Å²) < 4.78 is 6.41. The molecule has 0 aromatic carbocycles. The number of Topliss-reactive ketones (excluding diaryl/α,β-unsaturated/α-hetero) is 1. The van der Waals surface area contributed by atoms with Gasteiger partial charge in [0.2, 0.25) is 11.9 Å². The van der Waals surface area contributed by atoms with E-state index in [1.165, 1.54) is 0 Å². The van der Waals surface area contributed by atoms with Crippen molar-refractivity contribution in [2.24, 2.45) is 39.7 Å². The number of nitrogens with zero attached hydrogens (tertiary/aromatic N) is 7. The largest absolute Gasteiger partial charge is 0.458 e. The summed E-state index contributed by atoms with van der Waals surface area (Å²) in [6.07, 6.45) is 3.50. The Morgan fingerprint density at radius 1 is 1.07 bits per heavy atom. The van der Waals surface area contributed by atoms with Crippen LogP contribution in [0.5, 0.6) is 0 Å². The van der Waals surface area contributed by atoms with E-state index >= 15 is 0 Å². The first-order valence-corrected chi connectivity index (χ1v) is 19.9. The van der Waals surface area contributed by atoms with Crippen LogP contribution in [0.15, 0.2) is 12.7 Å².